The third kappa shape index (κ3) is 1.33. The van der Waals surface area contributed by atoms with Crippen LogP contribution in [0, 0.1) is 0 Å². The minimum atomic E-state index is -1.45. The van der Waals surface area contributed by atoms with Crippen molar-refractivity contribution in [2.24, 2.45) is 0 Å². The molecular weight excluding hydrogens is 199 g/mol. The number of nitrogens with two attached hydrogens (primary N) is 2. The fourth-order valence-electron chi connectivity index (χ4n) is 1.29. The van der Waals surface area contributed by atoms with E-state index >= 15 is 0 Å². The number of hydrogen-bond acceptors (Lipinski definition) is 5. The molecule has 0 bridgehead atoms. The Morgan fingerprint density at radius 2 is 1.93 bits per heavy atom. The molecule has 4 nitrogen and oxygen atoms in total. The van der Waals surface area contributed by atoms with Gasteiger partial charge in [0.2, 0.25) is 0 Å². The molecule has 0 unspecified atom stereocenters. The molecule has 0 spiro atoms. The average Bonchev–Trinajstić information content (AvgIpc) is 2.56. The van der Waals surface area contributed by atoms with Gasteiger partial charge in [-0.3, -0.25) is 0 Å². The van der Waals surface area contributed by atoms with Crippen molar-refractivity contribution in [1.29, 1.82) is 0 Å². The quantitative estimate of drug-likeness (QED) is 0.384. The van der Waals surface area contributed by atoms with Crippen molar-refractivity contribution in [3.8, 4) is 0 Å². The van der Waals surface area contributed by atoms with Crippen molar-refractivity contribution in [2.45, 2.75) is 0 Å². The second-order valence-corrected chi connectivity index (χ2v) is 4.09. The Hall–Kier alpha value is -1.24. The number of nitrogen functional groups attached to an aromatic ring is 2. The van der Waals surface area contributed by atoms with Gasteiger partial charge in [0.05, 0.1) is 16.1 Å². The summed E-state index contributed by atoms with van der Waals surface area (Å²) in [5, 5.41) is 18.8. The van der Waals surface area contributed by atoms with Crippen LogP contribution in [0.3, 0.4) is 0 Å². The summed E-state index contributed by atoms with van der Waals surface area (Å²) in [5.74, 6) is 0. The summed E-state index contributed by atoms with van der Waals surface area (Å²) >= 11 is 1.24. The summed E-state index contributed by atoms with van der Waals surface area (Å²) in [7, 11) is -1.45. The van der Waals surface area contributed by atoms with Crippen LogP contribution in [0.15, 0.2) is 18.2 Å². The van der Waals surface area contributed by atoms with Gasteiger partial charge in [-0.15, -0.1) is 11.3 Å². The number of anilines is 2. The van der Waals surface area contributed by atoms with Crippen LogP contribution in [0.1, 0.15) is 0 Å². The molecule has 0 fully saturated rings. The second kappa shape index (κ2) is 3.16. The van der Waals surface area contributed by atoms with E-state index in [-0.39, 0.29) is 0 Å². The molecule has 0 atom stereocenters. The van der Waals surface area contributed by atoms with Crippen LogP contribution in [0.2, 0.25) is 0 Å². The van der Waals surface area contributed by atoms with E-state index in [1.165, 1.54) is 11.3 Å². The highest BCUT2D eigenvalue weighted by atomic mass is 32.1. The van der Waals surface area contributed by atoms with Gasteiger partial charge in [0.1, 0.15) is 0 Å². The summed E-state index contributed by atoms with van der Waals surface area (Å²) in [5.41, 5.74) is 12.4. The Kier molecular flexibility index (Phi) is 2.11. The van der Waals surface area contributed by atoms with Crippen molar-refractivity contribution in [3.63, 3.8) is 0 Å². The second-order valence-electron chi connectivity index (χ2n) is 3.01. The van der Waals surface area contributed by atoms with Gasteiger partial charge in [0, 0.05) is 4.78 Å². The normalized spacial score (nSPS) is 10.7. The number of rotatable bonds is 1. The largest absolute Gasteiger partial charge is 0.499 e. The first-order chi connectivity index (χ1) is 6.59. The lowest BCUT2D eigenvalue weighted by Gasteiger charge is -1.99. The maximum absolute atomic E-state index is 8.98. The SMILES string of the molecule is Nc1ccc2cc(B(O)O)sc2c1N. The Labute approximate surface area is 84.9 Å². The van der Waals surface area contributed by atoms with Gasteiger partial charge in [-0.2, -0.15) is 0 Å². The minimum Gasteiger partial charge on any atom is -0.423 e. The van der Waals surface area contributed by atoms with Crippen LogP contribution < -0.4 is 16.2 Å². The molecule has 6 heteroatoms. The fraction of sp³-hybridized carbons (Fsp3) is 0. The molecule has 0 radical (unpaired) electrons. The Morgan fingerprint density at radius 3 is 2.57 bits per heavy atom. The third-order valence-electron chi connectivity index (χ3n) is 2.03. The summed E-state index contributed by atoms with van der Waals surface area (Å²) in [6.45, 7) is 0. The number of benzene rings is 1. The summed E-state index contributed by atoms with van der Waals surface area (Å²) in [6, 6.07) is 5.21. The molecule has 6 N–H and O–H groups in total. The molecule has 2 rings (SSSR count). The summed E-state index contributed by atoms with van der Waals surface area (Å²) < 4.78 is 1.27. The standard InChI is InChI=1S/C8H9BN2O2S/c10-5-2-1-4-3-6(9(12)13)14-8(4)7(5)11/h1-3,12-13H,10-11H2. The molecule has 1 aromatic carbocycles. The first-order valence-corrected chi connectivity index (χ1v) is 4.85. The van der Waals surface area contributed by atoms with Crippen LogP contribution >= 0.6 is 11.3 Å². The van der Waals surface area contributed by atoms with Gasteiger partial charge < -0.3 is 21.5 Å². The topological polar surface area (TPSA) is 92.5 Å². The van der Waals surface area contributed by atoms with Crippen molar-refractivity contribution in [1.82, 2.24) is 0 Å². The Morgan fingerprint density at radius 1 is 1.21 bits per heavy atom. The van der Waals surface area contributed by atoms with Crippen LogP contribution in [0.5, 0.6) is 0 Å². The van der Waals surface area contributed by atoms with E-state index in [1.807, 2.05) is 6.07 Å². The molecule has 1 heterocycles. The smallest absolute Gasteiger partial charge is 0.423 e. The van der Waals surface area contributed by atoms with E-state index in [4.69, 9.17) is 21.5 Å². The van der Waals surface area contributed by atoms with Gasteiger partial charge in [-0.25, -0.2) is 0 Å². The highest BCUT2D eigenvalue weighted by molar-refractivity contribution is 7.28. The zero-order valence-electron chi connectivity index (χ0n) is 7.27. The molecule has 14 heavy (non-hydrogen) atoms. The van der Waals surface area contributed by atoms with Gasteiger partial charge in [0.25, 0.3) is 0 Å². The number of thiophene rings is 1. The fourth-order valence-corrected chi connectivity index (χ4v) is 2.29. The van der Waals surface area contributed by atoms with Crippen LogP contribution in [-0.2, 0) is 0 Å². The third-order valence-corrected chi connectivity index (χ3v) is 3.26. The van der Waals surface area contributed by atoms with Crippen LogP contribution in [0.4, 0.5) is 11.4 Å². The lowest BCUT2D eigenvalue weighted by molar-refractivity contribution is 0.427. The molecule has 0 amide bonds. The van der Waals surface area contributed by atoms with Crippen molar-refractivity contribution >= 4 is 44.7 Å². The van der Waals surface area contributed by atoms with E-state index in [2.05, 4.69) is 0 Å². The van der Waals surface area contributed by atoms with E-state index in [1.54, 1.807) is 12.1 Å². The highest BCUT2D eigenvalue weighted by Crippen LogP contribution is 2.29. The maximum atomic E-state index is 8.98. The van der Waals surface area contributed by atoms with E-state index < -0.39 is 7.12 Å². The first-order valence-electron chi connectivity index (χ1n) is 4.03. The summed E-state index contributed by atoms with van der Waals surface area (Å²) in [6.07, 6.45) is 0. The Balaban J connectivity index is 2.71. The van der Waals surface area contributed by atoms with Gasteiger partial charge in [0.15, 0.2) is 0 Å². The number of hydrogen-bond donors (Lipinski definition) is 4. The summed E-state index contributed by atoms with van der Waals surface area (Å²) in [4.78, 5) is 0. The van der Waals surface area contributed by atoms with Gasteiger partial charge >= 0.3 is 7.12 Å². The molecule has 0 saturated carbocycles. The molecular formula is C8H9BN2O2S. The maximum Gasteiger partial charge on any atom is 0.499 e. The van der Waals surface area contributed by atoms with Gasteiger partial charge in [-0.05, 0) is 17.5 Å². The Bertz CT molecular complexity index is 483. The average molecular weight is 208 g/mol. The molecule has 0 saturated heterocycles. The van der Waals surface area contributed by atoms with E-state index in [9.17, 15) is 0 Å². The number of fused-ring (bicyclic) bond motifs is 1. The van der Waals surface area contributed by atoms with Crippen molar-refractivity contribution < 1.29 is 10.0 Å². The molecule has 1 aromatic heterocycles. The lowest BCUT2D eigenvalue weighted by atomic mass is 9.89. The highest BCUT2D eigenvalue weighted by Gasteiger charge is 2.16. The van der Waals surface area contributed by atoms with Crippen molar-refractivity contribution in [3.05, 3.63) is 18.2 Å². The molecule has 0 aliphatic carbocycles. The zero-order chi connectivity index (χ0) is 10.3. The van der Waals surface area contributed by atoms with Crippen LogP contribution in [0.25, 0.3) is 10.1 Å². The zero-order valence-corrected chi connectivity index (χ0v) is 8.08. The molecule has 72 valence electrons. The van der Waals surface area contributed by atoms with Crippen molar-refractivity contribution in [2.75, 3.05) is 11.5 Å². The van der Waals surface area contributed by atoms with E-state index in [0.717, 1.165) is 10.1 Å². The monoisotopic (exact) mass is 208 g/mol. The van der Waals surface area contributed by atoms with E-state index in [0.29, 0.717) is 16.2 Å². The first kappa shape index (κ1) is 9.33. The predicted octanol–water partition coefficient (Wildman–Crippen LogP) is -0.254. The lowest BCUT2D eigenvalue weighted by Crippen LogP contribution is -2.26. The minimum absolute atomic E-state index is 0.470. The van der Waals surface area contributed by atoms with Crippen LogP contribution in [-0.4, -0.2) is 17.2 Å². The molecule has 0 aliphatic rings. The van der Waals surface area contributed by atoms with Gasteiger partial charge in [-0.1, -0.05) is 6.07 Å². The predicted molar refractivity (Wildman–Crippen MR) is 60.5 cm³/mol. The molecule has 0 aliphatic heterocycles. The molecule has 2 aromatic rings.